The zero-order valence-corrected chi connectivity index (χ0v) is 15.8. The summed E-state index contributed by atoms with van der Waals surface area (Å²) in [6, 6.07) is 6.59. The smallest absolute Gasteiger partial charge is 0.274 e. The van der Waals surface area contributed by atoms with Gasteiger partial charge in [-0.1, -0.05) is 40.9 Å². The predicted octanol–water partition coefficient (Wildman–Crippen LogP) is 5.34. The van der Waals surface area contributed by atoms with Crippen LogP contribution in [-0.2, 0) is 0 Å². The number of aromatic nitrogens is 2. The van der Waals surface area contributed by atoms with Gasteiger partial charge in [0.2, 0.25) is 5.95 Å². The second-order valence-corrected chi connectivity index (χ2v) is 6.92. The summed E-state index contributed by atoms with van der Waals surface area (Å²) in [5.74, 6) is 0.0414. The number of hydrogen-bond acceptors (Lipinski definition) is 4. The van der Waals surface area contributed by atoms with E-state index in [0.717, 1.165) is 13.0 Å². The molecule has 1 heterocycles. The summed E-state index contributed by atoms with van der Waals surface area (Å²) in [6.07, 6.45) is 9.74. The first-order chi connectivity index (χ1) is 12.6. The fourth-order valence-corrected chi connectivity index (χ4v) is 3.32. The lowest BCUT2D eigenvalue weighted by molar-refractivity contribution is 0.102. The maximum atomic E-state index is 12.4. The van der Waals surface area contributed by atoms with Crippen LogP contribution in [-0.4, -0.2) is 22.4 Å². The van der Waals surface area contributed by atoms with Crippen LogP contribution in [0.1, 0.15) is 42.6 Å². The number of carbonyl (C=O) groups excluding carboxylic acids is 1. The van der Waals surface area contributed by atoms with Crippen LogP contribution in [0.25, 0.3) is 0 Å². The van der Waals surface area contributed by atoms with Crippen molar-refractivity contribution >= 4 is 40.7 Å². The van der Waals surface area contributed by atoms with E-state index in [4.69, 9.17) is 23.2 Å². The minimum absolute atomic E-state index is 0.246. The summed E-state index contributed by atoms with van der Waals surface area (Å²) in [4.78, 5) is 20.9. The van der Waals surface area contributed by atoms with Crippen LogP contribution in [0.15, 0.2) is 42.1 Å². The van der Waals surface area contributed by atoms with Crippen molar-refractivity contribution < 1.29 is 4.79 Å². The number of allylic oxidation sites excluding steroid dienone is 1. The monoisotopic (exact) mass is 390 g/mol. The molecule has 2 aromatic rings. The third-order valence-corrected chi connectivity index (χ3v) is 4.83. The lowest BCUT2D eigenvalue weighted by Gasteiger charge is -2.13. The minimum atomic E-state index is -0.388. The Morgan fingerprint density at radius 1 is 1.15 bits per heavy atom. The van der Waals surface area contributed by atoms with Gasteiger partial charge in [-0.15, -0.1) is 0 Å². The Labute approximate surface area is 162 Å². The van der Waals surface area contributed by atoms with E-state index in [9.17, 15) is 4.79 Å². The van der Waals surface area contributed by atoms with Crippen LogP contribution in [0.4, 0.5) is 11.6 Å². The molecular weight excluding hydrogens is 371 g/mol. The van der Waals surface area contributed by atoms with Gasteiger partial charge in [0, 0.05) is 12.7 Å². The largest absolute Gasteiger partial charge is 0.354 e. The molecule has 26 heavy (non-hydrogen) atoms. The maximum Gasteiger partial charge on any atom is 0.274 e. The Kier molecular flexibility index (Phi) is 6.47. The number of para-hydroxylation sites is 1. The molecule has 1 amide bonds. The quantitative estimate of drug-likeness (QED) is 0.653. The Hall–Kier alpha value is -2.11. The van der Waals surface area contributed by atoms with Crippen molar-refractivity contribution in [2.75, 3.05) is 17.2 Å². The van der Waals surface area contributed by atoms with Gasteiger partial charge in [0.15, 0.2) is 0 Å². The fraction of sp³-hybridized carbons (Fsp3) is 0.316. The molecule has 7 heteroatoms. The van der Waals surface area contributed by atoms with Crippen molar-refractivity contribution in [1.29, 1.82) is 0 Å². The highest BCUT2D eigenvalue weighted by molar-refractivity contribution is 6.39. The third-order valence-electron chi connectivity index (χ3n) is 4.20. The molecule has 1 aromatic carbocycles. The standard InChI is InChI=1S/C19H20Cl2N4O/c20-14-7-4-8-15(21)17(14)25-18(26)16-10-12-23-19(24-16)22-11-9-13-5-2-1-3-6-13/h4-5,7-8,10,12H,1-3,6,9,11H2,(H,25,26)(H,22,23,24). The van der Waals surface area contributed by atoms with Crippen LogP contribution in [0.3, 0.4) is 0 Å². The van der Waals surface area contributed by atoms with Gasteiger partial charge in [0.1, 0.15) is 5.69 Å². The first-order valence-electron chi connectivity index (χ1n) is 8.63. The molecular formula is C19H20Cl2N4O. The SMILES string of the molecule is O=C(Nc1c(Cl)cccc1Cl)c1ccnc(NCCC2=CCCCC2)n1. The normalized spacial score (nSPS) is 13.8. The number of nitrogens with one attached hydrogen (secondary N) is 2. The van der Waals surface area contributed by atoms with Crippen LogP contribution in [0.2, 0.25) is 10.0 Å². The average molecular weight is 391 g/mol. The highest BCUT2D eigenvalue weighted by atomic mass is 35.5. The minimum Gasteiger partial charge on any atom is -0.354 e. The fourth-order valence-electron chi connectivity index (χ4n) is 2.83. The summed E-state index contributed by atoms with van der Waals surface area (Å²) >= 11 is 12.2. The average Bonchev–Trinajstić information content (AvgIpc) is 2.66. The van der Waals surface area contributed by atoms with Crippen molar-refractivity contribution in [1.82, 2.24) is 9.97 Å². The molecule has 1 aliphatic rings. The number of halogens is 2. The number of hydrogen-bond donors (Lipinski definition) is 2. The summed E-state index contributed by atoms with van der Waals surface area (Å²) in [7, 11) is 0. The molecule has 136 valence electrons. The zero-order chi connectivity index (χ0) is 18.4. The molecule has 0 radical (unpaired) electrons. The van der Waals surface area contributed by atoms with E-state index < -0.39 is 0 Å². The van der Waals surface area contributed by atoms with Crippen LogP contribution >= 0.6 is 23.2 Å². The first kappa shape index (κ1) is 18.7. The van der Waals surface area contributed by atoms with Gasteiger partial charge in [-0.05, 0) is 50.3 Å². The Bertz CT molecular complexity index is 803. The van der Waals surface area contributed by atoms with Crippen molar-refractivity contribution in [2.45, 2.75) is 32.1 Å². The van der Waals surface area contributed by atoms with Gasteiger partial charge in [-0.3, -0.25) is 4.79 Å². The molecule has 0 spiro atoms. The summed E-state index contributed by atoms with van der Waals surface area (Å²) < 4.78 is 0. The second kappa shape index (κ2) is 9.01. The van der Waals surface area contributed by atoms with E-state index in [1.165, 1.54) is 31.3 Å². The van der Waals surface area contributed by atoms with Crippen molar-refractivity contribution in [3.8, 4) is 0 Å². The summed E-state index contributed by atoms with van der Waals surface area (Å²) in [5.41, 5.74) is 2.10. The lowest BCUT2D eigenvalue weighted by atomic mass is 9.97. The Morgan fingerprint density at radius 3 is 2.69 bits per heavy atom. The van der Waals surface area contributed by atoms with Crippen molar-refractivity contribution in [3.05, 3.63) is 57.9 Å². The molecule has 0 bridgehead atoms. The molecule has 0 atom stereocenters. The van der Waals surface area contributed by atoms with Crippen molar-refractivity contribution in [2.24, 2.45) is 0 Å². The van der Waals surface area contributed by atoms with E-state index in [1.54, 1.807) is 30.5 Å². The lowest BCUT2D eigenvalue weighted by Crippen LogP contribution is -2.16. The third kappa shape index (κ3) is 4.96. The molecule has 0 aliphatic heterocycles. The molecule has 0 unspecified atom stereocenters. The number of amides is 1. The van der Waals surface area contributed by atoms with E-state index in [0.29, 0.717) is 21.7 Å². The Balaban J connectivity index is 1.61. The maximum absolute atomic E-state index is 12.4. The summed E-state index contributed by atoms with van der Waals surface area (Å²) in [5, 5.41) is 6.63. The second-order valence-electron chi connectivity index (χ2n) is 6.10. The van der Waals surface area contributed by atoms with E-state index in [1.807, 2.05) is 0 Å². The number of nitrogens with zero attached hydrogens (tertiary/aromatic N) is 2. The van der Waals surface area contributed by atoms with Crippen molar-refractivity contribution in [3.63, 3.8) is 0 Å². The van der Waals surface area contributed by atoms with Crippen LogP contribution in [0, 0.1) is 0 Å². The van der Waals surface area contributed by atoms with Crippen LogP contribution in [0.5, 0.6) is 0 Å². The van der Waals surface area contributed by atoms with Gasteiger partial charge >= 0.3 is 0 Å². The molecule has 5 nitrogen and oxygen atoms in total. The van der Waals surface area contributed by atoms with E-state index in [-0.39, 0.29) is 11.6 Å². The van der Waals surface area contributed by atoms with Gasteiger partial charge in [-0.2, -0.15) is 0 Å². The Morgan fingerprint density at radius 2 is 1.96 bits per heavy atom. The molecule has 3 rings (SSSR count). The van der Waals surface area contributed by atoms with Gasteiger partial charge in [0.05, 0.1) is 15.7 Å². The molecule has 0 fully saturated rings. The van der Waals surface area contributed by atoms with Gasteiger partial charge in [-0.25, -0.2) is 9.97 Å². The number of benzene rings is 1. The number of anilines is 2. The summed E-state index contributed by atoms with van der Waals surface area (Å²) in [6.45, 7) is 0.743. The topological polar surface area (TPSA) is 66.9 Å². The zero-order valence-electron chi connectivity index (χ0n) is 14.3. The van der Waals surface area contributed by atoms with E-state index in [2.05, 4.69) is 26.7 Å². The highest BCUT2D eigenvalue weighted by Crippen LogP contribution is 2.30. The highest BCUT2D eigenvalue weighted by Gasteiger charge is 2.13. The van der Waals surface area contributed by atoms with E-state index >= 15 is 0 Å². The van der Waals surface area contributed by atoms with Gasteiger partial charge < -0.3 is 10.6 Å². The predicted molar refractivity (Wildman–Crippen MR) is 106 cm³/mol. The number of carbonyl (C=O) groups is 1. The molecule has 0 saturated heterocycles. The molecule has 1 aromatic heterocycles. The first-order valence-corrected chi connectivity index (χ1v) is 9.39. The number of rotatable bonds is 6. The van der Waals surface area contributed by atoms with Gasteiger partial charge in [0.25, 0.3) is 5.91 Å². The molecule has 0 saturated carbocycles. The molecule has 1 aliphatic carbocycles. The van der Waals surface area contributed by atoms with Crippen LogP contribution < -0.4 is 10.6 Å². The molecule has 2 N–H and O–H groups in total.